The van der Waals surface area contributed by atoms with Crippen LogP contribution in [0.15, 0.2) is 42.5 Å². The van der Waals surface area contributed by atoms with E-state index in [4.69, 9.17) is 11.6 Å². The summed E-state index contributed by atoms with van der Waals surface area (Å²) in [5, 5.41) is 10.7. The highest BCUT2D eigenvalue weighted by molar-refractivity contribution is 6.33. The Hall–Kier alpha value is -2.40. The zero-order chi connectivity index (χ0) is 15.6. The van der Waals surface area contributed by atoms with Crippen LogP contribution in [0.2, 0.25) is 5.02 Å². The molecule has 0 saturated heterocycles. The fourth-order valence-electron chi connectivity index (χ4n) is 1.94. The van der Waals surface area contributed by atoms with Gasteiger partial charge in [0.1, 0.15) is 5.02 Å². The van der Waals surface area contributed by atoms with Crippen LogP contribution in [0.4, 0.5) is 11.4 Å². The van der Waals surface area contributed by atoms with Crippen molar-refractivity contribution in [2.75, 3.05) is 11.9 Å². The van der Waals surface area contributed by atoms with Gasteiger partial charge in [-0.05, 0) is 36.8 Å². The third-order valence-electron chi connectivity index (χ3n) is 3.08. The number of nitro benzene ring substituents is 1. The summed E-state index contributed by atoms with van der Waals surface area (Å²) < 4.78 is 0. The van der Waals surface area contributed by atoms with Crippen LogP contribution in [0, 0.1) is 17.0 Å². The Labute approximate surface area is 126 Å². The second-order valence-electron chi connectivity index (χ2n) is 4.63. The Kier molecular flexibility index (Phi) is 4.23. The number of benzene rings is 2. The Morgan fingerprint density at radius 2 is 1.95 bits per heavy atom. The summed E-state index contributed by atoms with van der Waals surface area (Å²) in [4.78, 5) is 24.0. The third-order valence-corrected chi connectivity index (χ3v) is 3.39. The van der Waals surface area contributed by atoms with Crippen molar-refractivity contribution < 1.29 is 9.72 Å². The number of anilines is 1. The van der Waals surface area contributed by atoms with E-state index in [0.29, 0.717) is 5.56 Å². The normalized spacial score (nSPS) is 10.2. The lowest BCUT2D eigenvalue weighted by molar-refractivity contribution is -0.384. The summed E-state index contributed by atoms with van der Waals surface area (Å²) >= 11 is 5.83. The van der Waals surface area contributed by atoms with Crippen molar-refractivity contribution in [2.24, 2.45) is 0 Å². The monoisotopic (exact) mass is 304 g/mol. The molecule has 108 valence electrons. The summed E-state index contributed by atoms with van der Waals surface area (Å²) in [6, 6.07) is 11.4. The first-order chi connectivity index (χ1) is 9.90. The average molecular weight is 305 g/mol. The Morgan fingerprint density at radius 1 is 1.24 bits per heavy atom. The van der Waals surface area contributed by atoms with Crippen molar-refractivity contribution in [2.45, 2.75) is 6.92 Å². The highest BCUT2D eigenvalue weighted by Crippen LogP contribution is 2.26. The number of carbonyl (C=O) groups is 1. The molecule has 0 aromatic heterocycles. The van der Waals surface area contributed by atoms with Gasteiger partial charge in [0, 0.05) is 24.4 Å². The second-order valence-corrected chi connectivity index (χ2v) is 5.03. The average Bonchev–Trinajstić information content (AvgIpc) is 2.45. The molecule has 6 heteroatoms. The summed E-state index contributed by atoms with van der Waals surface area (Å²) in [6.45, 7) is 1.94. The number of rotatable bonds is 3. The van der Waals surface area contributed by atoms with Crippen LogP contribution in [0.5, 0.6) is 0 Å². The number of nitro groups is 1. The van der Waals surface area contributed by atoms with Gasteiger partial charge in [0.25, 0.3) is 11.6 Å². The first-order valence-corrected chi connectivity index (χ1v) is 6.56. The van der Waals surface area contributed by atoms with Crippen LogP contribution >= 0.6 is 11.6 Å². The molecule has 0 saturated carbocycles. The Balaban J connectivity index is 2.32. The second kappa shape index (κ2) is 5.93. The van der Waals surface area contributed by atoms with E-state index in [0.717, 1.165) is 11.3 Å². The van der Waals surface area contributed by atoms with Gasteiger partial charge in [-0.15, -0.1) is 0 Å². The Bertz CT molecular complexity index is 716. The molecule has 0 aliphatic rings. The predicted octanol–water partition coefficient (Wildman–Crippen LogP) is 3.83. The molecule has 0 atom stereocenters. The maximum Gasteiger partial charge on any atom is 0.287 e. The molecule has 0 unspecified atom stereocenters. The SMILES string of the molecule is Cc1cccc(N(C)C(=O)c2ccc([N+](=O)[O-])c(Cl)c2)c1. The van der Waals surface area contributed by atoms with Crippen LogP contribution in [0.25, 0.3) is 0 Å². The summed E-state index contributed by atoms with van der Waals surface area (Å²) in [5.74, 6) is -0.280. The van der Waals surface area contributed by atoms with Crippen molar-refractivity contribution in [3.63, 3.8) is 0 Å². The number of nitrogens with zero attached hydrogens (tertiary/aromatic N) is 2. The van der Waals surface area contributed by atoms with Gasteiger partial charge >= 0.3 is 0 Å². The number of carbonyl (C=O) groups excluding carboxylic acids is 1. The maximum atomic E-state index is 12.4. The molecular weight excluding hydrogens is 292 g/mol. The lowest BCUT2D eigenvalue weighted by Gasteiger charge is -2.18. The molecule has 2 aromatic carbocycles. The van der Waals surface area contributed by atoms with E-state index in [9.17, 15) is 14.9 Å². The lowest BCUT2D eigenvalue weighted by Crippen LogP contribution is -2.26. The fraction of sp³-hybridized carbons (Fsp3) is 0.133. The van der Waals surface area contributed by atoms with Gasteiger partial charge in [0.05, 0.1) is 4.92 Å². The molecule has 0 heterocycles. The van der Waals surface area contributed by atoms with Crippen LogP contribution < -0.4 is 4.90 Å². The highest BCUT2D eigenvalue weighted by atomic mass is 35.5. The number of amides is 1. The van der Waals surface area contributed by atoms with Crippen molar-refractivity contribution in [3.05, 3.63) is 68.7 Å². The number of halogens is 1. The van der Waals surface area contributed by atoms with E-state index in [1.54, 1.807) is 7.05 Å². The molecule has 0 spiro atoms. The van der Waals surface area contributed by atoms with Gasteiger partial charge in [-0.25, -0.2) is 0 Å². The standard InChI is InChI=1S/C15H13ClN2O3/c1-10-4-3-5-12(8-10)17(2)15(19)11-6-7-14(18(20)21)13(16)9-11/h3-9H,1-2H3. The lowest BCUT2D eigenvalue weighted by atomic mass is 10.1. The highest BCUT2D eigenvalue weighted by Gasteiger charge is 2.18. The Morgan fingerprint density at radius 3 is 2.52 bits per heavy atom. The van der Waals surface area contributed by atoms with Gasteiger partial charge in [-0.2, -0.15) is 0 Å². The molecule has 0 radical (unpaired) electrons. The van der Waals surface area contributed by atoms with Crippen LogP contribution in [-0.2, 0) is 0 Å². The van der Waals surface area contributed by atoms with Crippen molar-refractivity contribution in [1.82, 2.24) is 0 Å². The van der Waals surface area contributed by atoms with Crippen molar-refractivity contribution >= 4 is 28.9 Å². The van der Waals surface area contributed by atoms with E-state index in [-0.39, 0.29) is 16.6 Å². The summed E-state index contributed by atoms with van der Waals surface area (Å²) in [7, 11) is 1.65. The largest absolute Gasteiger partial charge is 0.311 e. The molecule has 1 amide bonds. The molecule has 0 fully saturated rings. The minimum Gasteiger partial charge on any atom is -0.311 e. The molecule has 2 aromatic rings. The molecule has 2 rings (SSSR count). The fourth-order valence-corrected chi connectivity index (χ4v) is 2.19. The zero-order valence-corrected chi connectivity index (χ0v) is 12.3. The molecule has 5 nitrogen and oxygen atoms in total. The van der Waals surface area contributed by atoms with E-state index in [1.165, 1.54) is 23.1 Å². The van der Waals surface area contributed by atoms with E-state index in [2.05, 4.69) is 0 Å². The summed E-state index contributed by atoms with van der Waals surface area (Å²) in [6.07, 6.45) is 0. The topological polar surface area (TPSA) is 63.5 Å². The predicted molar refractivity (Wildman–Crippen MR) is 82.0 cm³/mol. The van der Waals surface area contributed by atoms with Gasteiger partial charge in [0.15, 0.2) is 0 Å². The minimum absolute atomic E-state index is 0.0523. The number of hydrogen-bond donors (Lipinski definition) is 0. The number of aryl methyl sites for hydroxylation is 1. The molecule has 21 heavy (non-hydrogen) atoms. The molecular formula is C15H13ClN2O3. The van der Waals surface area contributed by atoms with E-state index in [1.807, 2.05) is 31.2 Å². The quantitative estimate of drug-likeness (QED) is 0.639. The smallest absolute Gasteiger partial charge is 0.287 e. The summed E-state index contributed by atoms with van der Waals surface area (Å²) in [5.41, 5.74) is 1.87. The molecule has 0 aliphatic carbocycles. The van der Waals surface area contributed by atoms with E-state index < -0.39 is 4.92 Å². The molecule has 0 N–H and O–H groups in total. The van der Waals surface area contributed by atoms with Gasteiger partial charge in [-0.3, -0.25) is 14.9 Å². The van der Waals surface area contributed by atoms with Crippen molar-refractivity contribution in [1.29, 1.82) is 0 Å². The minimum atomic E-state index is -0.582. The van der Waals surface area contributed by atoms with Crippen LogP contribution in [-0.4, -0.2) is 17.9 Å². The maximum absolute atomic E-state index is 12.4. The van der Waals surface area contributed by atoms with Gasteiger partial charge in [0.2, 0.25) is 0 Å². The van der Waals surface area contributed by atoms with Crippen molar-refractivity contribution in [3.8, 4) is 0 Å². The molecule has 0 bridgehead atoms. The van der Waals surface area contributed by atoms with Crippen LogP contribution in [0.3, 0.4) is 0 Å². The van der Waals surface area contributed by atoms with Gasteiger partial charge < -0.3 is 4.90 Å². The zero-order valence-electron chi connectivity index (χ0n) is 11.5. The first-order valence-electron chi connectivity index (χ1n) is 6.19. The van der Waals surface area contributed by atoms with E-state index >= 15 is 0 Å². The first kappa shape index (κ1) is 15.0. The van der Waals surface area contributed by atoms with Gasteiger partial charge in [-0.1, -0.05) is 23.7 Å². The van der Waals surface area contributed by atoms with Crippen LogP contribution in [0.1, 0.15) is 15.9 Å². The number of hydrogen-bond acceptors (Lipinski definition) is 3. The third kappa shape index (κ3) is 3.20. The molecule has 0 aliphatic heterocycles.